The topological polar surface area (TPSA) is 53.6 Å². The maximum Gasteiger partial charge on any atom is 0.276 e. The Bertz CT molecular complexity index is 670. The number of nitrogens with one attached hydrogen (secondary N) is 2. The van der Waals surface area contributed by atoms with Gasteiger partial charge in [0.2, 0.25) is 0 Å². The summed E-state index contributed by atoms with van der Waals surface area (Å²) >= 11 is 5.02. The Morgan fingerprint density at radius 2 is 2.00 bits per heavy atom. The molecular formula is C12H17N3OS. The highest BCUT2D eigenvalue weighted by Crippen LogP contribution is 2.25. The minimum absolute atomic E-state index is 0.133. The van der Waals surface area contributed by atoms with Crippen LogP contribution in [0.15, 0.2) is 11.0 Å². The first kappa shape index (κ1) is 12.1. The number of rotatable bonds is 1. The molecule has 2 rings (SSSR count). The molecule has 92 valence electrons. The molecule has 0 radical (unpaired) electrons. The van der Waals surface area contributed by atoms with Crippen LogP contribution in [0.1, 0.15) is 26.3 Å². The van der Waals surface area contributed by atoms with E-state index >= 15 is 0 Å². The predicted octanol–water partition coefficient (Wildman–Crippen LogP) is 2.51. The van der Waals surface area contributed by atoms with E-state index in [1.165, 1.54) is 0 Å². The van der Waals surface area contributed by atoms with E-state index in [4.69, 9.17) is 12.2 Å². The Morgan fingerprint density at radius 3 is 2.59 bits per heavy atom. The molecule has 0 amide bonds. The number of aromatic nitrogens is 3. The van der Waals surface area contributed by atoms with Crippen molar-refractivity contribution >= 4 is 23.3 Å². The molecule has 17 heavy (non-hydrogen) atoms. The first-order chi connectivity index (χ1) is 7.78. The first-order valence-electron chi connectivity index (χ1n) is 5.58. The fraction of sp³-hybridized carbons (Fsp3) is 0.500. The van der Waals surface area contributed by atoms with Crippen molar-refractivity contribution in [1.29, 1.82) is 0 Å². The van der Waals surface area contributed by atoms with Crippen LogP contribution in [0.2, 0.25) is 0 Å². The van der Waals surface area contributed by atoms with Gasteiger partial charge >= 0.3 is 0 Å². The molecule has 0 saturated carbocycles. The fourth-order valence-electron chi connectivity index (χ4n) is 2.12. The van der Waals surface area contributed by atoms with E-state index in [0.717, 1.165) is 17.5 Å². The quantitative estimate of drug-likeness (QED) is 0.765. The third-order valence-electron chi connectivity index (χ3n) is 2.66. The van der Waals surface area contributed by atoms with Crippen molar-refractivity contribution in [3.63, 3.8) is 0 Å². The van der Waals surface area contributed by atoms with Gasteiger partial charge in [-0.3, -0.25) is 9.78 Å². The van der Waals surface area contributed by atoms with E-state index in [9.17, 15) is 4.79 Å². The van der Waals surface area contributed by atoms with Crippen molar-refractivity contribution in [1.82, 2.24) is 14.5 Å². The molecule has 2 aromatic heterocycles. The molecule has 0 spiro atoms. The summed E-state index contributed by atoms with van der Waals surface area (Å²) in [7, 11) is 1.88. The maximum absolute atomic E-state index is 11.8. The zero-order chi connectivity index (χ0) is 12.8. The van der Waals surface area contributed by atoms with Crippen molar-refractivity contribution in [3.8, 4) is 0 Å². The molecule has 0 aliphatic carbocycles. The van der Waals surface area contributed by atoms with Gasteiger partial charge in [-0.2, -0.15) is 0 Å². The van der Waals surface area contributed by atoms with Crippen molar-refractivity contribution in [2.24, 2.45) is 12.5 Å². The fourth-order valence-corrected chi connectivity index (χ4v) is 2.31. The van der Waals surface area contributed by atoms with Crippen LogP contribution in [0.5, 0.6) is 0 Å². The zero-order valence-electron chi connectivity index (χ0n) is 10.5. The maximum atomic E-state index is 11.8. The lowest BCUT2D eigenvalue weighted by Crippen LogP contribution is -2.11. The molecule has 0 aromatic carbocycles. The number of nitrogens with zero attached hydrogens (tertiary/aromatic N) is 1. The number of hydrogen-bond donors (Lipinski definition) is 2. The molecule has 4 nitrogen and oxygen atoms in total. The van der Waals surface area contributed by atoms with Crippen molar-refractivity contribution in [3.05, 3.63) is 26.9 Å². The average Bonchev–Trinajstić information content (AvgIpc) is 2.39. The summed E-state index contributed by atoms with van der Waals surface area (Å²) in [4.78, 5) is 17.5. The monoisotopic (exact) mass is 251 g/mol. The summed E-state index contributed by atoms with van der Waals surface area (Å²) in [6.07, 6.45) is 2.90. The van der Waals surface area contributed by atoms with E-state index in [0.29, 0.717) is 10.3 Å². The summed E-state index contributed by atoms with van der Waals surface area (Å²) in [5, 5.41) is 0. The lowest BCUT2D eigenvalue weighted by atomic mass is 9.89. The number of fused-ring (bicyclic) bond motifs is 1. The van der Waals surface area contributed by atoms with Crippen LogP contribution in [0.3, 0.4) is 0 Å². The highest BCUT2D eigenvalue weighted by Gasteiger charge is 2.17. The number of hydrogen-bond acceptors (Lipinski definition) is 2. The third kappa shape index (κ3) is 2.34. The van der Waals surface area contributed by atoms with Gasteiger partial charge in [-0.15, -0.1) is 0 Å². The summed E-state index contributed by atoms with van der Waals surface area (Å²) in [5.74, 6) is 0. The van der Waals surface area contributed by atoms with E-state index in [1.54, 1.807) is 0 Å². The van der Waals surface area contributed by atoms with Crippen LogP contribution in [-0.4, -0.2) is 14.5 Å². The second-order valence-corrected chi connectivity index (χ2v) is 6.04. The van der Waals surface area contributed by atoms with Gasteiger partial charge < -0.3 is 9.55 Å². The Morgan fingerprint density at radius 1 is 1.35 bits per heavy atom. The van der Waals surface area contributed by atoms with Crippen LogP contribution >= 0.6 is 12.2 Å². The van der Waals surface area contributed by atoms with Gasteiger partial charge in [0.25, 0.3) is 5.56 Å². The van der Waals surface area contributed by atoms with Crippen LogP contribution in [0.25, 0.3) is 11.0 Å². The minimum Gasteiger partial charge on any atom is -0.345 e. The molecule has 2 N–H and O–H groups in total. The lowest BCUT2D eigenvalue weighted by Gasteiger charge is -2.16. The van der Waals surface area contributed by atoms with Crippen molar-refractivity contribution in [2.75, 3.05) is 0 Å². The Kier molecular flexibility index (Phi) is 2.73. The van der Waals surface area contributed by atoms with Gasteiger partial charge in [-0.25, -0.2) is 0 Å². The first-order valence-corrected chi connectivity index (χ1v) is 5.99. The normalized spacial score (nSPS) is 12.2. The van der Waals surface area contributed by atoms with Gasteiger partial charge in [0.15, 0.2) is 4.77 Å². The van der Waals surface area contributed by atoms with Gasteiger partial charge in [-0.1, -0.05) is 20.8 Å². The average molecular weight is 251 g/mol. The SMILES string of the molecule is Cn1cc(CC(C)(C)C)c2[nH]c(=S)[nH]c(=O)c21. The molecule has 0 aliphatic rings. The van der Waals surface area contributed by atoms with E-state index in [-0.39, 0.29) is 11.0 Å². The van der Waals surface area contributed by atoms with Crippen LogP contribution < -0.4 is 5.56 Å². The second kappa shape index (κ2) is 3.84. The molecule has 0 aliphatic heterocycles. The number of aromatic amines is 2. The van der Waals surface area contributed by atoms with Crippen molar-refractivity contribution in [2.45, 2.75) is 27.2 Å². The van der Waals surface area contributed by atoms with E-state index < -0.39 is 0 Å². The summed E-state index contributed by atoms with van der Waals surface area (Å²) < 4.78 is 2.23. The standard InChI is InChI=1S/C12H17N3OS/c1-12(2,3)5-7-6-15(4)9-8(7)13-11(17)14-10(9)16/h6H,5H2,1-4H3,(H2,13,14,16,17). The van der Waals surface area contributed by atoms with Crippen molar-refractivity contribution < 1.29 is 0 Å². The largest absolute Gasteiger partial charge is 0.345 e. The third-order valence-corrected chi connectivity index (χ3v) is 2.87. The molecule has 0 saturated heterocycles. The highest BCUT2D eigenvalue weighted by molar-refractivity contribution is 7.71. The van der Waals surface area contributed by atoms with Gasteiger partial charge in [0.1, 0.15) is 5.52 Å². The summed E-state index contributed by atoms with van der Waals surface area (Å²) in [5.41, 5.74) is 2.68. The Hall–Kier alpha value is -1.36. The molecule has 5 heteroatoms. The second-order valence-electron chi connectivity index (χ2n) is 5.63. The molecular weight excluding hydrogens is 234 g/mol. The molecule has 0 atom stereocenters. The number of aryl methyl sites for hydroxylation is 1. The molecule has 0 unspecified atom stereocenters. The van der Waals surface area contributed by atoms with Gasteiger partial charge in [-0.05, 0) is 29.6 Å². The highest BCUT2D eigenvalue weighted by atomic mass is 32.1. The Balaban J connectivity index is 2.75. The smallest absolute Gasteiger partial charge is 0.276 e. The summed E-state index contributed by atoms with van der Waals surface area (Å²) in [6.45, 7) is 6.52. The lowest BCUT2D eigenvalue weighted by molar-refractivity contribution is 0.412. The molecule has 0 bridgehead atoms. The van der Waals surface area contributed by atoms with Gasteiger partial charge in [0.05, 0.1) is 5.52 Å². The Labute approximate surface area is 105 Å². The zero-order valence-corrected chi connectivity index (χ0v) is 11.4. The summed E-state index contributed by atoms with van der Waals surface area (Å²) in [6, 6.07) is 0. The van der Waals surface area contributed by atoms with Gasteiger partial charge in [0, 0.05) is 13.2 Å². The predicted molar refractivity (Wildman–Crippen MR) is 71.9 cm³/mol. The number of H-pyrrole nitrogens is 2. The van der Waals surface area contributed by atoms with E-state index in [1.807, 2.05) is 17.8 Å². The molecule has 2 aromatic rings. The van der Waals surface area contributed by atoms with Crippen LogP contribution in [0.4, 0.5) is 0 Å². The molecule has 2 heterocycles. The van der Waals surface area contributed by atoms with E-state index in [2.05, 4.69) is 30.7 Å². The van der Waals surface area contributed by atoms with Crippen LogP contribution in [0, 0.1) is 10.2 Å². The van der Waals surface area contributed by atoms with Crippen LogP contribution in [-0.2, 0) is 13.5 Å². The minimum atomic E-state index is -0.133. The molecule has 0 fully saturated rings.